The van der Waals surface area contributed by atoms with E-state index in [1.165, 1.54) is 0 Å². The maximum atomic E-state index is 12.7. The predicted molar refractivity (Wildman–Crippen MR) is 129 cm³/mol. The van der Waals surface area contributed by atoms with Crippen molar-refractivity contribution >= 4 is 23.7 Å². The van der Waals surface area contributed by atoms with Gasteiger partial charge in [-0.15, -0.1) is 0 Å². The molecule has 10 nitrogen and oxygen atoms in total. The number of esters is 1. The van der Waals surface area contributed by atoms with Crippen molar-refractivity contribution in [2.45, 2.75) is 64.5 Å². The van der Waals surface area contributed by atoms with Crippen molar-refractivity contribution in [1.29, 1.82) is 0 Å². The average molecular weight is 491 g/mol. The van der Waals surface area contributed by atoms with Gasteiger partial charge in [-0.25, -0.2) is 0 Å². The third-order valence-electron chi connectivity index (χ3n) is 5.52. The maximum absolute atomic E-state index is 12.7. The molecule has 0 bridgehead atoms. The Bertz CT molecular complexity index is 855. The fourth-order valence-corrected chi connectivity index (χ4v) is 3.87. The van der Waals surface area contributed by atoms with Crippen LogP contribution in [0.15, 0.2) is 24.5 Å². The molecule has 3 amide bonds. The average Bonchev–Trinajstić information content (AvgIpc) is 3.09. The molecule has 2 rings (SSSR count). The fourth-order valence-electron chi connectivity index (χ4n) is 3.87. The van der Waals surface area contributed by atoms with Gasteiger partial charge in [-0.05, 0) is 45.2 Å². The van der Waals surface area contributed by atoms with E-state index < -0.39 is 11.5 Å². The van der Waals surface area contributed by atoms with Crippen molar-refractivity contribution in [3.63, 3.8) is 0 Å². The zero-order chi connectivity index (χ0) is 25.8. The summed E-state index contributed by atoms with van der Waals surface area (Å²) in [4.78, 5) is 54.2. The third kappa shape index (κ3) is 10.0. The van der Waals surface area contributed by atoms with E-state index in [0.29, 0.717) is 39.0 Å². The number of hydrogen-bond acceptors (Lipinski definition) is 7. The van der Waals surface area contributed by atoms with Crippen LogP contribution in [0.25, 0.3) is 0 Å². The van der Waals surface area contributed by atoms with Crippen LogP contribution in [0.1, 0.15) is 64.5 Å². The molecule has 0 unspecified atom stereocenters. The first-order valence-corrected chi connectivity index (χ1v) is 12.1. The number of carbonyl (C=O) groups excluding carboxylic acids is 4. The highest BCUT2D eigenvalue weighted by molar-refractivity contribution is 5.90. The van der Waals surface area contributed by atoms with Crippen LogP contribution in [0, 0.1) is 5.92 Å². The number of hydrogen-bond donors (Lipinski definition) is 2. The minimum absolute atomic E-state index is 0.0653. The molecule has 1 aliphatic rings. The van der Waals surface area contributed by atoms with E-state index in [4.69, 9.17) is 9.47 Å². The first kappa shape index (κ1) is 28.2. The number of nitrogens with zero attached hydrogens (tertiary/aromatic N) is 2. The van der Waals surface area contributed by atoms with Crippen molar-refractivity contribution in [1.82, 2.24) is 20.5 Å². The molecule has 1 fully saturated rings. The lowest BCUT2D eigenvalue weighted by atomic mass is 9.94. The summed E-state index contributed by atoms with van der Waals surface area (Å²) in [6, 6.07) is 3.34. The zero-order valence-electron chi connectivity index (χ0n) is 21.2. The molecule has 0 aliphatic carbocycles. The Morgan fingerprint density at radius 1 is 1.11 bits per heavy atom. The molecule has 1 aromatic rings. The number of pyridine rings is 1. The van der Waals surface area contributed by atoms with Crippen LogP contribution in [-0.4, -0.2) is 72.5 Å². The molecule has 1 saturated heterocycles. The highest BCUT2D eigenvalue weighted by atomic mass is 16.6. The SMILES string of the molecule is CN1C(=O)C[C@H](C(=O)NCCCCC(=O)NCCOCCC(=O)OC(C)(C)C)[C@H]1c1cccnc1. The van der Waals surface area contributed by atoms with Gasteiger partial charge in [0.1, 0.15) is 5.60 Å². The number of rotatable bonds is 13. The van der Waals surface area contributed by atoms with E-state index in [0.717, 1.165) is 5.56 Å². The first-order chi connectivity index (χ1) is 16.6. The summed E-state index contributed by atoms with van der Waals surface area (Å²) in [5.74, 6) is -1.09. The molecule has 0 aromatic carbocycles. The molecule has 0 spiro atoms. The second-order valence-electron chi connectivity index (χ2n) is 9.59. The van der Waals surface area contributed by atoms with E-state index in [9.17, 15) is 19.2 Å². The Kier molecular flexibility index (Phi) is 11.1. The molecular formula is C25H38N4O6. The van der Waals surface area contributed by atoms with Gasteiger partial charge in [-0.2, -0.15) is 0 Å². The summed E-state index contributed by atoms with van der Waals surface area (Å²) >= 11 is 0. The summed E-state index contributed by atoms with van der Waals surface area (Å²) in [6.07, 6.45) is 5.31. The van der Waals surface area contributed by atoms with E-state index in [2.05, 4.69) is 15.6 Å². The molecular weight excluding hydrogens is 452 g/mol. The molecule has 0 saturated carbocycles. The lowest BCUT2D eigenvalue weighted by Gasteiger charge is -2.24. The molecule has 1 aromatic heterocycles. The number of amides is 3. The highest BCUT2D eigenvalue weighted by Crippen LogP contribution is 2.36. The van der Waals surface area contributed by atoms with E-state index in [-0.39, 0.29) is 49.2 Å². The first-order valence-electron chi connectivity index (χ1n) is 12.1. The van der Waals surface area contributed by atoms with E-state index in [1.807, 2.05) is 26.8 Å². The van der Waals surface area contributed by atoms with Gasteiger partial charge in [0.05, 0.1) is 31.6 Å². The summed E-state index contributed by atoms with van der Waals surface area (Å²) < 4.78 is 10.5. The summed E-state index contributed by atoms with van der Waals surface area (Å²) in [5, 5.41) is 5.67. The Hall–Kier alpha value is -3.01. The predicted octanol–water partition coefficient (Wildman–Crippen LogP) is 1.75. The Balaban J connectivity index is 1.56. The van der Waals surface area contributed by atoms with Gasteiger partial charge < -0.3 is 25.0 Å². The lowest BCUT2D eigenvalue weighted by Crippen LogP contribution is -2.35. The van der Waals surface area contributed by atoms with Crippen LogP contribution in [0.5, 0.6) is 0 Å². The molecule has 0 radical (unpaired) electrons. The summed E-state index contributed by atoms with van der Waals surface area (Å²) in [6.45, 7) is 6.80. The quantitative estimate of drug-likeness (QED) is 0.319. The van der Waals surface area contributed by atoms with Crippen LogP contribution in [0.2, 0.25) is 0 Å². The molecule has 2 N–H and O–H groups in total. The smallest absolute Gasteiger partial charge is 0.308 e. The number of likely N-dealkylation sites (tertiary alicyclic amines) is 1. The molecule has 2 atom stereocenters. The second-order valence-corrected chi connectivity index (χ2v) is 9.59. The lowest BCUT2D eigenvalue weighted by molar-refractivity contribution is -0.156. The van der Waals surface area contributed by atoms with Gasteiger partial charge in [-0.3, -0.25) is 24.2 Å². The topological polar surface area (TPSA) is 127 Å². The number of unbranched alkanes of at least 4 members (excludes halogenated alkanes) is 1. The minimum Gasteiger partial charge on any atom is -0.460 e. The molecule has 1 aliphatic heterocycles. The maximum Gasteiger partial charge on any atom is 0.308 e. The molecule has 194 valence electrons. The van der Waals surface area contributed by atoms with Gasteiger partial charge >= 0.3 is 5.97 Å². The molecule has 2 heterocycles. The van der Waals surface area contributed by atoms with Crippen LogP contribution < -0.4 is 10.6 Å². The number of aromatic nitrogens is 1. The highest BCUT2D eigenvalue weighted by Gasteiger charge is 2.42. The Morgan fingerprint density at radius 2 is 1.89 bits per heavy atom. The van der Waals surface area contributed by atoms with Crippen molar-refractivity contribution in [2.24, 2.45) is 5.92 Å². The fraction of sp³-hybridized carbons (Fsp3) is 0.640. The van der Waals surface area contributed by atoms with Crippen LogP contribution in [0.3, 0.4) is 0 Å². The van der Waals surface area contributed by atoms with E-state index in [1.54, 1.807) is 30.4 Å². The largest absolute Gasteiger partial charge is 0.460 e. The summed E-state index contributed by atoms with van der Waals surface area (Å²) in [5.41, 5.74) is 0.328. The molecule has 35 heavy (non-hydrogen) atoms. The second kappa shape index (κ2) is 13.8. The van der Waals surface area contributed by atoms with Gasteiger partial charge in [-0.1, -0.05) is 6.07 Å². The van der Waals surface area contributed by atoms with Crippen molar-refractivity contribution in [3.05, 3.63) is 30.1 Å². The minimum atomic E-state index is -0.511. The third-order valence-corrected chi connectivity index (χ3v) is 5.52. The monoisotopic (exact) mass is 490 g/mol. The van der Waals surface area contributed by atoms with E-state index >= 15 is 0 Å². The van der Waals surface area contributed by atoms with Crippen molar-refractivity contribution < 1.29 is 28.7 Å². The van der Waals surface area contributed by atoms with Gasteiger partial charge in [0, 0.05) is 45.4 Å². The van der Waals surface area contributed by atoms with Crippen LogP contribution in [0.4, 0.5) is 0 Å². The van der Waals surface area contributed by atoms with Crippen molar-refractivity contribution in [2.75, 3.05) is 33.4 Å². The van der Waals surface area contributed by atoms with Gasteiger partial charge in [0.2, 0.25) is 17.7 Å². The standard InChI is InChI=1S/C25H38N4O6/c1-25(2,3)35-22(32)10-14-34-15-13-27-20(30)9-5-6-12-28-24(33)19-16-21(31)29(4)23(19)18-8-7-11-26-17-18/h7-8,11,17,19,23H,5-6,9-10,12-16H2,1-4H3,(H,27,30)(H,28,33)/t19-,23+/m0/s1. The number of carbonyl (C=O) groups is 4. The zero-order valence-corrected chi connectivity index (χ0v) is 21.2. The van der Waals surface area contributed by atoms with Crippen molar-refractivity contribution in [3.8, 4) is 0 Å². The van der Waals surface area contributed by atoms with Gasteiger partial charge in [0.25, 0.3) is 0 Å². The summed E-state index contributed by atoms with van der Waals surface area (Å²) in [7, 11) is 1.71. The van der Waals surface area contributed by atoms with Gasteiger partial charge in [0.15, 0.2) is 0 Å². The normalized spacial score (nSPS) is 17.8. The van der Waals surface area contributed by atoms with Crippen LogP contribution >= 0.6 is 0 Å². The number of nitrogens with one attached hydrogen (secondary N) is 2. The number of ether oxygens (including phenoxy) is 2. The Morgan fingerprint density at radius 3 is 2.57 bits per heavy atom. The Labute approximate surface area is 207 Å². The molecule has 10 heteroatoms. The van der Waals surface area contributed by atoms with Crippen LogP contribution in [-0.2, 0) is 28.7 Å².